The first-order valence-electron chi connectivity index (χ1n) is 6.49. The summed E-state index contributed by atoms with van der Waals surface area (Å²) in [5.41, 5.74) is 2.76. The molecule has 0 saturated carbocycles. The molecule has 1 atom stereocenters. The third-order valence-corrected chi connectivity index (χ3v) is 3.23. The van der Waals surface area contributed by atoms with E-state index in [9.17, 15) is 5.11 Å². The molecule has 1 heterocycles. The molecule has 3 rings (SSSR count). The average Bonchev–Trinajstić information content (AvgIpc) is 2.55. The summed E-state index contributed by atoms with van der Waals surface area (Å²) in [6, 6.07) is 19.9. The second kappa shape index (κ2) is 5.67. The van der Waals surface area contributed by atoms with Gasteiger partial charge in [0.05, 0.1) is 18.5 Å². The number of hydrogen-bond acceptors (Lipinski definition) is 4. The average molecular weight is 265 g/mol. The van der Waals surface area contributed by atoms with E-state index in [0.717, 1.165) is 16.9 Å². The van der Waals surface area contributed by atoms with E-state index in [1.807, 2.05) is 65.6 Å². The van der Waals surface area contributed by atoms with Crippen molar-refractivity contribution in [2.75, 3.05) is 11.5 Å². The van der Waals surface area contributed by atoms with Crippen molar-refractivity contribution >= 4 is 5.69 Å². The van der Waals surface area contributed by atoms with Crippen molar-refractivity contribution in [1.29, 1.82) is 0 Å². The third-order valence-electron chi connectivity index (χ3n) is 3.23. The molecule has 0 amide bonds. The van der Waals surface area contributed by atoms with Crippen LogP contribution in [0.4, 0.5) is 5.69 Å². The van der Waals surface area contributed by atoms with Gasteiger partial charge in [0.1, 0.15) is 0 Å². The van der Waals surface area contributed by atoms with Gasteiger partial charge in [0.15, 0.2) is 6.17 Å². The summed E-state index contributed by atoms with van der Waals surface area (Å²) in [6.07, 6.45) is 1.36. The van der Waals surface area contributed by atoms with Gasteiger partial charge in [-0.05, 0) is 17.7 Å². The Morgan fingerprint density at radius 1 is 0.950 bits per heavy atom. The molecule has 100 valence electrons. The van der Waals surface area contributed by atoms with Gasteiger partial charge in [0.2, 0.25) is 0 Å². The first-order chi connectivity index (χ1) is 9.90. The van der Waals surface area contributed by atoms with Gasteiger partial charge in [-0.1, -0.05) is 48.5 Å². The monoisotopic (exact) mass is 265 g/mol. The molecule has 1 aliphatic heterocycles. The summed E-state index contributed by atoms with van der Waals surface area (Å²) >= 11 is 0. The van der Waals surface area contributed by atoms with Crippen molar-refractivity contribution in [3.8, 4) is 0 Å². The van der Waals surface area contributed by atoms with Crippen LogP contribution < -0.4 is 4.90 Å². The number of anilines is 1. The van der Waals surface area contributed by atoms with E-state index < -0.39 is 0 Å². The summed E-state index contributed by atoms with van der Waals surface area (Å²) in [5, 5.41) is 17.9. The van der Waals surface area contributed by atoms with Crippen LogP contribution in [0, 0.1) is 0 Å². The molecule has 2 aromatic carbocycles. The van der Waals surface area contributed by atoms with Crippen LogP contribution in [0.5, 0.6) is 0 Å². The summed E-state index contributed by atoms with van der Waals surface area (Å²) < 4.78 is 0. The van der Waals surface area contributed by atoms with Crippen LogP contribution in [-0.4, -0.2) is 11.7 Å². The number of rotatable bonds is 3. The maximum Gasteiger partial charge on any atom is 0.172 e. The summed E-state index contributed by atoms with van der Waals surface area (Å²) in [4.78, 5) is 2.00. The number of aliphatic hydroxyl groups excluding tert-OH is 1. The SMILES string of the molecule is OCC1=CN=NC(c2ccccc2)N1c1ccccc1. The van der Waals surface area contributed by atoms with Gasteiger partial charge < -0.3 is 10.0 Å². The van der Waals surface area contributed by atoms with Crippen molar-refractivity contribution < 1.29 is 5.11 Å². The van der Waals surface area contributed by atoms with Crippen molar-refractivity contribution in [2.45, 2.75) is 6.17 Å². The van der Waals surface area contributed by atoms with E-state index in [0.29, 0.717) is 0 Å². The lowest BCUT2D eigenvalue weighted by Crippen LogP contribution is -2.30. The standard InChI is InChI=1S/C16H15N3O/c20-12-15-11-17-18-16(13-7-3-1-4-8-13)19(15)14-9-5-2-6-10-14/h1-11,16,20H,12H2. The first-order valence-corrected chi connectivity index (χ1v) is 6.49. The Balaban J connectivity index is 2.05. The Morgan fingerprint density at radius 3 is 2.25 bits per heavy atom. The highest BCUT2D eigenvalue weighted by atomic mass is 16.3. The van der Waals surface area contributed by atoms with Crippen LogP contribution in [0.2, 0.25) is 0 Å². The van der Waals surface area contributed by atoms with E-state index in [4.69, 9.17) is 0 Å². The van der Waals surface area contributed by atoms with Crippen molar-refractivity contribution in [1.82, 2.24) is 0 Å². The van der Waals surface area contributed by atoms with Crippen LogP contribution in [-0.2, 0) is 0 Å². The molecule has 0 aromatic heterocycles. The van der Waals surface area contributed by atoms with Gasteiger partial charge in [-0.15, -0.1) is 0 Å². The van der Waals surface area contributed by atoms with Gasteiger partial charge in [0.25, 0.3) is 0 Å². The van der Waals surface area contributed by atoms with E-state index in [-0.39, 0.29) is 12.8 Å². The van der Waals surface area contributed by atoms with E-state index in [1.165, 1.54) is 0 Å². The fourth-order valence-corrected chi connectivity index (χ4v) is 2.29. The van der Waals surface area contributed by atoms with Crippen LogP contribution in [0.15, 0.2) is 82.8 Å². The summed E-state index contributed by atoms with van der Waals surface area (Å²) in [7, 11) is 0. The summed E-state index contributed by atoms with van der Waals surface area (Å²) in [6.45, 7) is -0.0722. The molecular formula is C16H15N3O. The zero-order valence-electron chi connectivity index (χ0n) is 10.9. The Labute approximate surface area is 117 Å². The normalized spacial score (nSPS) is 17.9. The lowest BCUT2D eigenvalue weighted by Gasteiger charge is -2.33. The van der Waals surface area contributed by atoms with Gasteiger partial charge in [0, 0.05) is 5.69 Å². The van der Waals surface area contributed by atoms with Crippen molar-refractivity contribution in [3.05, 3.63) is 78.1 Å². The van der Waals surface area contributed by atoms with E-state index in [2.05, 4.69) is 10.2 Å². The molecule has 1 N–H and O–H groups in total. The van der Waals surface area contributed by atoms with E-state index in [1.54, 1.807) is 6.20 Å². The predicted octanol–water partition coefficient (Wildman–Crippen LogP) is 3.49. The quantitative estimate of drug-likeness (QED) is 0.923. The van der Waals surface area contributed by atoms with Crippen molar-refractivity contribution in [2.24, 2.45) is 10.2 Å². The molecule has 0 bridgehead atoms. The lowest BCUT2D eigenvalue weighted by atomic mass is 10.1. The molecular weight excluding hydrogens is 250 g/mol. The third kappa shape index (κ3) is 2.33. The Bertz CT molecular complexity index is 623. The molecule has 20 heavy (non-hydrogen) atoms. The highest BCUT2D eigenvalue weighted by Crippen LogP contribution is 2.34. The molecule has 0 radical (unpaired) electrons. The fourth-order valence-electron chi connectivity index (χ4n) is 2.29. The molecule has 1 unspecified atom stereocenters. The minimum absolute atomic E-state index is 0.0722. The lowest BCUT2D eigenvalue weighted by molar-refractivity contribution is 0.321. The molecule has 0 aliphatic carbocycles. The van der Waals surface area contributed by atoms with Gasteiger partial charge in [-0.25, -0.2) is 0 Å². The number of aliphatic hydroxyl groups is 1. The van der Waals surface area contributed by atoms with Gasteiger partial charge in [-0.2, -0.15) is 10.2 Å². The highest BCUT2D eigenvalue weighted by molar-refractivity contribution is 5.55. The highest BCUT2D eigenvalue weighted by Gasteiger charge is 2.25. The molecule has 0 saturated heterocycles. The Morgan fingerprint density at radius 2 is 1.60 bits per heavy atom. The molecule has 1 aliphatic rings. The first kappa shape index (κ1) is 12.6. The number of para-hydroxylation sites is 1. The largest absolute Gasteiger partial charge is 0.390 e. The molecule has 4 nitrogen and oxygen atoms in total. The maximum absolute atomic E-state index is 9.58. The van der Waals surface area contributed by atoms with Crippen LogP contribution in [0.3, 0.4) is 0 Å². The predicted molar refractivity (Wildman–Crippen MR) is 78.1 cm³/mol. The second-order valence-corrected chi connectivity index (χ2v) is 4.50. The number of benzene rings is 2. The molecule has 2 aromatic rings. The number of azo groups is 1. The number of hydrogen-bond donors (Lipinski definition) is 1. The minimum atomic E-state index is -0.245. The van der Waals surface area contributed by atoms with Crippen LogP contribution >= 0.6 is 0 Å². The fraction of sp³-hybridized carbons (Fsp3) is 0.125. The molecule has 4 heteroatoms. The molecule has 0 fully saturated rings. The Kier molecular flexibility index (Phi) is 3.56. The topological polar surface area (TPSA) is 48.2 Å². The minimum Gasteiger partial charge on any atom is -0.390 e. The van der Waals surface area contributed by atoms with Crippen molar-refractivity contribution in [3.63, 3.8) is 0 Å². The van der Waals surface area contributed by atoms with Crippen LogP contribution in [0.25, 0.3) is 0 Å². The molecule has 0 spiro atoms. The zero-order valence-corrected chi connectivity index (χ0v) is 10.9. The number of nitrogens with zero attached hydrogens (tertiary/aromatic N) is 3. The maximum atomic E-state index is 9.58. The smallest absolute Gasteiger partial charge is 0.172 e. The van der Waals surface area contributed by atoms with Gasteiger partial charge >= 0.3 is 0 Å². The Hall–Kier alpha value is -2.46. The van der Waals surface area contributed by atoms with Crippen LogP contribution in [0.1, 0.15) is 11.7 Å². The summed E-state index contributed by atoms with van der Waals surface area (Å²) in [5.74, 6) is 0. The van der Waals surface area contributed by atoms with E-state index >= 15 is 0 Å². The second-order valence-electron chi connectivity index (χ2n) is 4.50. The van der Waals surface area contributed by atoms with Gasteiger partial charge in [-0.3, -0.25) is 0 Å². The zero-order chi connectivity index (χ0) is 13.8.